The van der Waals surface area contributed by atoms with Crippen LogP contribution < -0.4 is 4.74 Å². The number of hydrogen-bond donors (Lipinski definition) is 0. The van der Waals surface area contributed by atoms with Crippen molar-refractivity contribution in [3.63, 3.8) is 0 Å². The molecule has 0 aliphatic heterocycles. The molecule has 0 unspecified atom stereocenters. The first-order chi connectivity index (χ1) is 12.5. The molecular formula is C15H14Cl2N6O3. The van der Waals surface area contributed by atoms with Crippen molar-refractivity contribution < 1.29 is 9.66 Å². The molecule has 2 aromatic heterocycles. The highest BCUT2D eigenvalue weighted by atomic mass is 35.5. The highest BCUT2D eigenvalue weighted by Gasteiger charge is 2.16. The first-order valence-corrected chi connectivity index (χ1v) is 8.32. The van der Waals surface area contributed by atoms with Crippen molar-refractivity contribution in [2.75, 3.05) is 0 Å². The number of nitro groups is 1. The van der Waals surface area contributed by atoms with E-state index >= 15 is 0 Å². The molecule has 0 radical (unpaired) electrons. The lowest BCUT2D eigenvalue weighted by Crippen LogP contribution is -2.07. The van der Waals surface area contributed by atoms with Crippen LogP contribution in [0.5, 0.6) is 5.75 Å². The van der Waals surface area contributed by atoms with Gasteiger partial charge in [0.05, 0.1) is 29.8 Å². The quantitative estimate of drug-likeness (QED) is 0.449. The molecule has 0 amide bonds. The van der Waals surface area contributed by atoms with Gasteiger partial charge in [0, 0.05) is 6.42 Å². The lowest BCUT2D eigenvalue weighted by molar-refractivity contribution is -0.391. The van der Waals surface area contributed by atoms with Crippen molar-refractivity contribution in [3.05, 3.63) is 62.3 Å². The van der Waals surface area contributed by atoms with Gasteiger partial charge in [-0.2, -0.15) is 0 Å². The van der Waals surface area contributed by atoms with Gasteiger partial charge >= 0.3 is 5.82 Å². The van der Waals surface area contributed by atoms with Crippen LogP contribution in [0.25, 0.3) is 0 Å². The standard InChI is InChI=1S/C15H14Cl2N6O3/c1-21-13(18-7-14(21)23(24)25)5-6-22-8-10(19-20-22)9-26-15-11(16)3-2-4-12(15)17/h2-4,7-8H,5-6,9H2,1H3. The Labute approximate surface area is 158 Å². The fraction of sp³-hybridized carbons (Fsp3) is 0.267. The number of imidazole rings is 1. The van der Waals surface area contributed by atoms with Gasteiger partial charge in [-0.15, -0.1) is 5.10 Å². The lowest BCUT2D eigenvalue weighted by Gasteiger charge is -2.07. The number of aryl methyl sites for hydroxylation is 2. The third kappa shape index (κ3) is 3.94. The molecule has 3 rings (SSSR count). The van der Waals surface area contributed by atoms with Gasteiger partial charge < -0.3 is 14.9 Å². The van der Waals surface area contributed by atoms with Gasteiger partial charge in [0.15, 0.2) is 11.6 Å². The Morgan fingerprint density at radius 3 is 2.69 bits per heavy atom. The van der Waals surface area contributed by atoms with Crippen molar-refractivity contribution in [1.82, 2.24) is 24.5 Å². The Kier molecular flexibility index (Phi) is 5.38. The predicted octanol–water partition coefficient (Wildman–Crippen LogP) is 3.05. The molecule has 0 aliphatic rings. The first kappa shape index (κ1) is 18.2. The van der Waals surface area contributed by atoms with E-state index in [1.54, 1.807) is 36.1 Å². The van der Waals surface area contributed by atoms with E-state index in [4.69, 9.17) is 27.9 Å². The number of rotatable bonds is 7. The third-order valence-corrected chi connectivity index (χ3v) is 4.28. The Bertz CT molecular complexity index is 919. The molecule has 9 nitrogen and oxygen atoms in total. The smallest absolute Gasteiger partial charge is 0.342 e. The van der Waals surface area contributed by atoms with Crippen LogP contribution in [0.4, 0.5) is 5.82 Å². The van der Waals surface area contributed by atoms with Gasteiger partial charge in [0.1, 0.15) is 18.5 Å². The summed E-state index contributed by atoms with van der Waals surface area (Å²) in [5, 5.41) is 19.7. The van der Waals surface area contributed by atoms with Crippen LogP contribution in [0.15, 0.2) is 30.6 Å². The molecule has 0 saturated carbocycles. The summed E-state index contributed by atoms with van der Waals surface area (Å²) < 4.78 is 8.67. The second-order valence-electron chi connectivity index (χ2n) is 5.41. The Morgan fingerprint density at radius 1 is 1.31 bits per heavy atom. The van der Waals surface area contributed by atoms with Gasteiger partial charge in [-0.1, -0.05) is 34.5 Å². The molecule has 0 fully saturated rings. The minimum atomic E-state index is -0.471. The fourth-order valence-electron chi connectivity index (χ4n) is 2.33. The monoisotopic (exact) mass is 396 g/mol. The zero-order valence-electron chi connectivity index (χ0n) is 13.7. The van der Waals surface area contributed by atoms with E-state index in [2.05, 4.69) is 15.3 Å². The van der Waals surface area contributed by atoms with E-state index < -0.39 is 4.92 Å². The zero-order chi connectivity index (χ0) is 18.7. The number of hydrogen-bond acceptors (Lipinski definition) is 6. The predicted molar refractivity (Wildman–Crippen MR) is 94.4 cm³/mol. The molecule has 0 saturated heterocycles. The molecule has 0 bridgehead atoms. The molecule has 11 heteroatoms. The average Bonchev–Trinajstić information content (AvgIpc) is 3.19. The molecule has 1 aromatic carbocycles. The number of para-hydroxylation sites is 1. The van der Waals surface area contributed by atoms with Crippen LogP contribution in [-0.4, -0.2) is 29.5 Å². The van der Waals surface area contributed by atoms with E-state index in [-0.39, 0.29) is 12.4 Å². The average molecular weight is 397 g/mol. The number of benzene rings is 1. The van der Waals surface area contributed by atoms with Crippen LogP contribution in [0.3, 0.4) is 0 Å². The highest BCUT2D eigenvalue weighted by molar-refractivity contribution is 6.37. The van der Waals surface area contributed by atoms with E-state index in [0.717, 1.165) is 0 Å². The third-order valence-electron chi connectivity index (χ3n) is 3.68. The zero-order valence-corrected chi connectivity index (χ0v) is 15.2. The van der Waals surface area contributed by atoms with Crippen LogP contribution >= 0.6 is 23.2 Å². The summed E-state index contributed by atoms with van der Waals surface area (Å²) in [6.45, 7) is 0.638. The van der Waals surface area contributed by atoms with E-state index in [9.17, 15) is 10.1 Å². The van der Waals surface area contributed by atoms with Gasteiger partial charge in [0.25, 0.3) is 0 Å². The van der Waals surface area contributed by atoms with Crippen LogP contribution in [0.1, 0.15) is 11.5 Å². The molecular weight excluding hydrogens is 383 g/mol. The van der Waals surface area contributed by atoms with E-state index in [0.29, 0.717) is 40.3 Å². The van der Waals surface area contributed by atoms with E-state index in [1.807, 2.05) is 0 Å². The van der Waals surface area contributed by atoms with Gasteiger partial charge in [-0.25, -0.2) is 9.55 Å². The molecule has 26 heavy (non-hydrogen) atoms. The molecule has 136 valence electrons. The lowest BCUT2D eigenvalue weighted by atomic mass is 10.3. The number of aromatic nitrogens is 5. The molecule has 2 heterocycles. The van der Waals surface area contributed by atoms with Gasteiger partial charge in [0.2, 0.25) is 0 Å². The van der Waals surface area contributed by atoms with Gasteiger partial charge in [-0.05, 0) is 17.1 Å². The Hall–Kier alpha value is -2.65. The molecule has 3 aromatic rings. The maximum atomic E-state index is 10.8. The minimum Gasteiger partial charge on any atom is -0.484 e. The normalized spacial score (nSPS) is 10.9. The first-order valence-electron chi connectivity index (χ1n) is 7.56. The SMILES string of the molecule is Cn1c([N+](=O)[O-])cnc1CCn1cc(COc2c(Cl)cccc2Cl)nn1. The van der Waals surface area contributed by atoms with E-state index in [1.165, 1.54) is 10.8 Å². The van der Waals surface area contributed by atoms with Crippen molar-refractivity contribution in [2.24, 2.45) is 7.05 Å². The fourth-order valence-corrected chi connectivity index (χ4v) is 2.84. The summed E-state index contributed by atoms with van der Waals surface area (Å²) in [4.78, 5) is 14.4. The minimum absolute atomic E-state index is 0.0516. The summed E-state index contributed by atoms with van der Waals surface area (Å²) in [5.41, 5.74) is 0.604. The van der Waals surface area contributed by atoms with Crippen LogP contribution in [0, 0.1) is 10.1 Å². The van der Waals surface area contributed by atoms with Crippen molar-refractivity contribution in [2.45, 2.75) is 19.6 Å². The number of halogens is 2. The summed E-state index contributed by atoms with van der Waals surface area (Å²) in [6, 6.07) is 5.10. The molecule has 0 atom stereocenters. The molecule has 0 spiro atoms. The topological polar surface area (TPSA) is 101 Å². The summed E-state index contributed by atoms with van der Waals surface area (Å²) in [5.74, 6) is 0.933. The second kappa shape index (κ2) is 7.71. The maximum absolute atomic E-state index is 10.8. The number of ether oxygens (including phenoxy) is 1. The van der Waals surface area contributed by atoms with Crippen molar-refractivity contribution >= 4 is 29.0 Å². The van der Waals surface area contributed by atoms with Crippen molar-refractivity contribution in [3.8, 4) is 5.75 Å². The highest BCUT2D eigenvalue weighted by Crippen LogP contribution is 2.32. The Balaban J connectivity index is 1.59. The largest absolute Gasteiger partial charge is 0.484 e. The van der Waals surface area contributed by atoms with Crippen LogP contribution in [0.2, 0.25) is 10.0 Å². The summed E-state index contributed by atoms with van der Waals surface area (Å²) >= 11 is 12.1. The maximum Gasteiger partial charge on any atom is 0.342 e. The number of nitrogens with zero attached hydrogens (tertiary/aromatic N) is 6. The van der Waals surface area contributed by atoms with Crippen molar-refractivity contribution in [1.29, 1.82) is 0 Å². The second-order valence-corrected chi connectivity index (χ2v) is 6.23. The molecule has 0 aliphatic carbocycles. The van der Waals surface area contributed by atoms with Crippen LogP contribution in [-0.2, 0) is 26.6 Å². The summed E-state index contributed by atoms with van der Waals surface area (Å²) in [7, 11) is 1.61. The van der Waals surface area contributed by atoms with Gasteiger partial charge in [-0.3, -0.25) is 4.68 Å². The molecule has 0 N–H and O–H groups in total. The Morgan fingerprint density at radius 2 is 2.04 bits per heavy atom. The summed E-state index contributed by atoms with van der Waals surface area (Å²) in [6.07, 6.45) is 3.44.